The van der Waals surface area contributed by atoms with E-state index < -0.39 is 0 Å². The lowest BCUT2D eigenvalue weighted by atomic mass is 9.97. The third-order valence-corrected chi connectivity index (χ3v) is 5.01. The minimum Gasteiger partial charge on any atom is -0.503 e. The SMILES string of the molecule is CCc1c(O)c(=O)ccn1C1CCCCCCCCCCC1. The maximum Gasteiger partial charge on any atom is 0.223 e. The van der Waals surface area contributed by atoms with Crippen LogP contribution in [0.3, 0.4) is 0 Å². The maximum atomic E-state index is 11.7. The average molecular weight is 305 g/mol. The van der Waals surface area contributed by atoms with Crippen LogP contribution in [0.4, 0.5) is 0 Å². The predicted octanol–water partition coefficient (Wildman–Crippen LogP) is 4.96. The zero-order valence-corrected chi connectivity index (χ0v) is 14.0. The van der Waals surface area contributed by atoms with Gasteiger partial charge in [0.05, 0.1) is 5.69 Å². The van der Waals surface area contributed by atoms with Crippen molar-refractivity contribution < 1.29 is 5.11 Å². The molecule has 0 spiro atoms. The van der Waals surface area contributed by atoms with Crippen LogP contribution in [-0.4, -0.2) is 9.67 Å². The highest BCUT2D eigenvalue weighted by Gasteiger charge is 2.16. The fourth-order valence-corrected chi connectivity index (χ4v) is 3.69. The molecular weight excluding hydrogens is 274 g/mol. The second-order valence-electron chi connectivity index (χ2n) is 6.65. The van der Waals surface area contributed by atoms with Gasteiger partial charge in [-0.3, -0.25) is 4.79 Å². The Hall–Kier alpha value is -1.25. The number of aromatic nitrogens is 1. The third kappa shape index (κ3) is 4.62. The fourth-order valence-electron chi connectivity index (χ4n) is 3.69. The van der Waals surface area contributed by atoms with Crippen molar-refractivity contribution >= 4 is 0 Å². The summed E-state index contributed by atoms with van der Waals surface area (Å²) in [6, 6.07) is 1.95. The number of pyridine rings is 1. The second kappa shape index (κ2) is 9.02. The summed E-state index contributed by atoms with van der Waals surface area (Å²) in [6.45, 7) is 2.01. The van der Waals surface area contributed by atoms with E-state index in [9.17, 15) is 9.90 Å². The first-order valence-corrected chi connectivity index (χ1v) is 9.17. The van der Waals surface area contributed by atoms with Gasteiger partial charge in [-0.1, -0.05) is 64.7 Å². The molecule has 22 heavy (non-hydrogen) atoms. The van der Waals surface area contributed by atoms with E-state index in [4.69, 9.17) is 0 Å². The van der Waals surface area contributed by atoms with E-state index >= 15 is 0 Å². The van der Waals surface area contributed by atoms with Gasteiger partial charge in [-0.05, 0) is 19.3 Å². The van der Waals surface area contributed by atoms with Crippen molar-refractivity contribution in [3.8, 4) is 5.75 Å². The van der Waals surface area contributed by atoms with Gasteiger partial charge in [0.25, 0.3) is 0 Å². The molecule has 1 fully saturated rings. The highest BCUT2D eigenvalue weighted by molar-refractivity contribution is 5.27. The lowest BCUT2D eigenvalue weighted by molar-refractivity contribution is 0.366. The normalized spacial score (nSPS) is 19.3. The zero-order chi connectivity index (χ0) is 15.8. The van der Waals surface area contributed by atoms with Gasteiger partial charge in [-0.2, -0.15) is 0 Å². The van der Waals surface area contributed by atoms with E-state index in [1.54, 1.807) is 0 Å². The molecule has 0 unspecified atom stereocenters. The Balaban J connectivity index is 2.15. The lowest BCUT2D eigenvalue weighted by Crippen LogP contribution is -2.17. The largest absolute Gasteiger partial charge is 0.503 e. The van der Waals surface area contributed by atoms with Crippen LogP contribution in [-0.2, 0) is 6.42 Å². The highest BCUT2D eigenvalue weighted by atomic mass is 16.3. The molecule has 3 heteroatoms. The summed E-state index contributed by atoms with van der Waals surface area (Å²) in [6.07, 6.45) is 16.9. The van der Waals surface area contributed by atoms with Crippen LogP contribution < -0.4 is 5.43 Å². The Morgan fingerprint density at radius 2 is 1.50 bits per heavy atom. The van der Waals surface area contributed by atoms with E-state index in [1.807, 2.05) is 13.1 Å². The smallest absolute Gasteiger partial charge is 0.223 e. The van der Waals surface area contributed by atoms with Gasteiger partial charge in [0.1, 0.15) is 0 Å². The maximum absolute atomic E-state index is 11.7. The number of nitrogens with zero attached hydrogens (tertiary/aromatic N) is 1. The predicted molar refractivity (Wildman–Crippen MR) is 91.6 cm³/mol. The van der Waals surface area contributed by atoms with Crippen molar-refractivity contribution in [2.24, 2.45) is 0 Å². The van der Waals surface area contributed by atoms with Crippen LogP contribution in [0.25, 0.3) is 0 Å². The number of hydrogen-bond donors (Lipinski definition) is 1. The van der Waals surface area contributed by atoms with Crippen LogP contribution in [0, 0.1) is 0 Å². The topological polar surface area (TPSA) is 42.2 Å². The monoisotopic (exact) mass is 305 g/mol. The van der Waals surface area contributed by atoms with Crippen LogP contribution in [0.2, 0.25) is 0 Å². The summed E-state index contributed by atoms with van der Waals surface area (Å²) in [5.74, 6) is -0.0453. The molecule has 2 rings (SSSR count). The van der Waals surface area contributed by atoms with Crippen molar-refractivity contribution in [2.45, 2.75) is 90.0 Å². The molecule has 3 nitrogen and oxygen atoms in total. The standard InChI is InChI=1S/C19H31NO2/c1-2-17-19(22)18(21)14-15-20(17)16-12-10-8-6-4-3-5-7-9-11-13-16/h14-16,22H,2-13H2,1H3. The van der Waals surface area contributed by atoms with Crippen molar-refractivity contribution in [2.75, 3.05) is 0 Å². The van der Waals surface area contributed by atoms with Gasteiger partial charge < -0.3 is 9.67 Å². The van der Waals surface area contributed by atoms with Crippen molar-refractivity contribution in [1.29, 1.82) is 0 Å². The van der Waals surface area contributed by atoms with Crippen molar-refractivity contribution in [1.82, 2.24) is 4.57 Å². The van der Waals surface area contributed by atoms with Crippen LogP contribution in [0.15, 0.2) is 17.1 Å². The number of aromatic hydroxyl groups is 1. The van der Waals surface area contributed by atoms with Crippen LogP contribution in [0.5, 0.6) is 5.75 Å². The Labute approximate surface area is 134 Å². The molecule has 1 N–H and O–H groups in total. The highest BCUT2D eigenvalue weighted by Crippen LogP contribution is 2.28. The Morgan fingerprint density at radius 3 is 2.00 bits per heavy atom. The summed E-state index contributed by atoms with van der Waals surface area (Å²) in [5, 5.41) is 10.1. The Kier molecular flexibility index (Phi) is 7.01. The lowest BCUT2D eigenvalue weighted by Gasteiger charge is -2.25. The van der Waals surface area contributed by atoms with Gasteiger partial charge in [0, 0.05) is 18.3 Å². The molecule has 1 heterocycles. The summed E-state index contributed by atoms with van der Waals surface area (Å²) in [5.41, 5.74) is 0.561. The van der Waals surface area contributed by atoms with E-state index in [-0.39, 0.29) is 11.2 Å². The quantitative estimate of drug-likeness (QED) is 0.839. The Morgan fingerprint density at radius 1 is 1.00 bits per heavy atom. The molecule has 0 radical (unpaired) electrons. The first kappa shape index (κ1) is 17.1. The average Bonchev–Trinajstić information content (AvgIpc) is 2.51. The van der Waals surface area contributed by atoms with E-state index in [2.05, 4.69) is 4.57 Å². The van der Waals surface area contributed by atoms with Crippen LogP contribution in [0.1, 0.15) is 89.3 Å². The van der Waals surface area contributed by atoms with E-state index in [0.29, 0.717) is 12.5 Å². The summed E-state index contributed by atoms with van der Waals surface area (Å²) < 4.78 is 2.18. The van der Waals surface area contributed by atoms with Gasteiger partial charge in [0.2, 0.25) is 5.43 Å². The fraction of sp³-hybridized carbons (Fsp3) is 0.737. The third-order valence-electron chi connectivity index (χ3n) is 5.01. The second-order valence-corrected chi connectivity index (χ2v) is 6.65. The molecule has 124 valence electrons. The molecular formula is C19H31NO2. The zero-order valence-electron chi connectivity index (χ0n) is 14.0. The molecule has 1 aromatic heterocycles. The molecule has 1 aliphatic rings. The Bertz CT molecular complexity index is 495. The van der Waals surface area contributed by atoms with Crippen molar-refractivity contribution in [3.63, 3.8) is 0 Å². The molecule has 1 aromatic rings. The van der Waals surface area contributed by atoms with E-state index in [0.717, 1.165) is 18.5 Å². The molecule has 0 saturated heterocycles. The number of hydrogen-bond acceptors (Lipinski definition) is 2. The number of rotatable bonds is 2. The minimum atomic E-state index is -0.249. The molecule has 0 atom stereocenters. The molecule has 1 aliphatic carbocycles. The van der Waals surface area contributed by atoms with Gasteiger partial charge in [-0.15, -0.1) is 0 Å². The van der Waals surface area contributed by atoms with Crippen LogP contribution >= 0.6 is 0 Å². The summed E-state index contributed by atoms with van der Waals surface area (Å²) >= 11 is 0. The summed E-state index contributed by atoms with van der Waals surface area (Å²) in [7, 11) is 0. The first-order valence-electron chi connectivity index (χ1n) is 9.17. The molecule has 0 bridgehead atoms. The molecule has 0 amide bonds. The molecule has 0 aromatic carbocycles. The molecule has 0 aliphatic heterocycles. The molecule has 1 saturated carbocycles. The minimum absolute atomic E-state index is 0.0453. The van der Waals surface area contributed by atoms with Gasteiger partial charge in [0.15, 0.2) is 5.75 Å². The van der Waals surface area contributed by atoms with Gasteiger partial charge in [-0.25, -0.2) is 0 Å². The van der Waals surface area contributed by atoms with Gasteiger partial charge >= 0.3 is 0 Å². The summed E-state index contributed by atoms with van der Waals surface area (Å²) in [4.78, 5) is 11.7. The van der Waals surface area contributed by atoms with Crippen molar-refractivity contribution in [3.05, 3.63) is 28.2 Å². The first-order chi connectivity index (χ1) is 10.7. The van der Waals surface area contributed by atoms with E-state index in [1.165, 1.54) is 63.9 Å².